The van der Waals surface area contributed by atoms with Gasteiger partial charge in [0.1, 0.15) is 5.82 Å². The van der Waals surface area contributed by atoms with Crippen molar-refractivity contribution in [3.8, 4) is 6.07 Å². The first-order chi connectivity index (χ1) is 15.0. The maximum atomic E-state index is 9.60. The van der Waals surface area contributed by atoms with Crippen LogP contribution >= 0.6 is 0 Å². The van der Waals surface area contributed by atoms with E-state index >= 15 is 0 Å². The smallest absolute Gasteiger partial charge is 0.229 e. The van der Waals surface area contributed by atoms with E-state index in [-0.39, 0.29) is 5.54 Å². The third-order valence-electron chi connectivity index (χ3n) is 7.08. The Labute approximate surface area is 183 Å². The summed E-state index contributed by atoms with van der Waals surface area (Å²) < 4.78 is 1.74. The molecular weight excluding hydrogens is 390 g/mol. The van der Waals surface area contributed by atoms with Gasteiger partial charge in [0.15, 0.2) is 0 Å². The molecule has 3 aliphatic heterocycles. The largest absolute Gasteiger partial charge is 0.352 e. The van der Waals surface area contributed by atoms with Crippen LogP contribution in [-0.2, 0) is 7.05 Å². The van der Waals surface area contributed by atoms with Gasteiger partial charge in [-0.1, -0.05) is 6.92 Å². The molecule has 0 aliphatic carbocycles. The number of nitriles is 1. The number of hydrogen-bond donors (Lipinski definition) is 1. The van der Waals surface area contributed by atoms with E-state index in [1.165, 1.54) is 19.4 Å². The molecule has 1 N–H and O–H groups in total. The minimum atomic E-state index is -0.0835. The van der Waals surface area contributed by atoms with Crippen LogP contribution in [0.2, 0.25) is 0 Å². The van der Waals surface area contributed by atoms with Gasteiger partial charge in [0.2, 0.25) is 5.95 Å². The summed E-state index contributed by atoms with van der Waals surface area (Å²) in [6.07, 6.45) is 8.60. The molecule has 0 bridgehead atoms. The Morgan fingerprint density at radius 1 is 1.32 bits per heavy atom. The summed E-state index contributed by atoms with van der Waals surface area (Å²) >= 11 is 0. The standard InChI is InChI=1S/C22H31N9/c1-16-8-19-4-7-31(15-29(19)11-16)22(5-6-23)13-30(14-22)20-17(2)9-24-21(27-20)26-18-10-25-28(3)12-18/h9-10,12,16,19H,4-5,7-8,11,13-15H2,1-3H3,(H,24,26,27)/t16-,19-/m1/s1. The van der Waals surface area contributed by atoms with Gasteiger partial charge >= 0.3 is 0 Å². The number of nitrogens with zero attached hydrogens (tertiary/aromatic N) is 8. The van der Waals surface area contributed by atoms with E-state index in [1.807, 2.05) is 26.4 Å². The van der Waals surface area contributed by atoms with E-state index in [4.69, 9.17) is 4.98 Å². The number of hydrogen-bond acceptors (Lipinski definition) is 8. The average molecular weight is 422 g/mol. The fraction of sp³-hybridized carbons (Fsp3) is 0.636. The van der Waals surface area contributed by atoms with E-state index < -0.39 is 0 Å². The van der Waals surface area contributed by atoms with Crippen LogP contribution in [0.4, 0.5) is 17.5 Å². The number of fused-ring (bicyclic) bond motifs is 1. The van der Waals surface area contributed by atoms with Gasteiger partial charge in [-0.2, -0.15) is 15.3 Å². The van der Waals surface area contributed by atoms with Crippen LogP contribution in [0.15, 0.2) is 18.6 Å². The topological polar surface area (TPSA) is 89.1 Å². The summed E-state index contributed by atoms with van der Waals surface area (Å²) in [5, 5.41) is 17.0. The summed E-state index contributed by atoms with van der Waals surface area (Å²) in [4.78, 5) is 16.7. The number of anilines is 3. The highest BCUT2D eigenvalue weighted by Crippen LogP contribution is 2.39. The second-order valence-electron chi connectivity index (χ2n) is 9.60. The molecule has 0 saturated carbocycles. The van der Waals surface area contributed by atoms with Crippen molar-refractivity contribution in [1.29, 1.82) is 5.26 Å². The zero-order valence-electron chi connectivity index (χ0n) is 18.6. The molecule has 0 radical (unpaired) electrons. The monoisotopic (exact) mass is 421 g/mol. The lowest BCUT2D eigenvalue weighted by atomic mass is 9.83. The molecule has 2 atom stereocenters. The predicted molar refractivity (Wildman–Crippen MR) is 119 cm³/mol. The van der Waals surface area contributed by atoms with Gasteiger partial charge in [-0.15, -0.1) is 0 Å². The van der Waals surface area contributed by atoms with E-state index in [0.717, 1.165) is 55.3 Å². The Balaban J connectivity index is 1.30. The van der Waals surface area contributed by atoms with Crippen molar-refractivity contribution in [3.63, 3.8) is 0 Å². The van der Waals surface area contributed by atoms with Gasteiger partial charge in [-0.25, -0.2) is 4.98 Å². The zero-order chi connectivity index (χ0) is 21.6. The lowest BCUT2D eigenvalue weighted by molar-refractivity contribution is -0.0293. The van der Waals surface area contributed by atoms with Gasteiger partial charge in [0.25, 0.3) is 0 Å². The van der Waals surface area contributed by atoms with Crippen LogP contribution in [0, 0.1) is 24.2 Å². The quantitative estimate of drug-likeness (QED) is 0.785. The Hall–Kier alpha value is -2.70. The van der Waals surface area contributed by atoms with Crippen molar-refractivity contribution in [1.82, 2.24) is 29.5 Å². The first kappa shape index (κ1) is 20.2. The third kappa shape index (κ3) is 3.75. The minimum absolute atomic E-state index is 0.0835. The maximum Gasteiger partial charge on any atom is 0.229 e. The molecule has 3 aliphatic rings. The fourth-order valence-corrected chi connectivity index (χ4v) is 5.51. The molecule has 5 rings (SSSR count). The Kier molecular flexibility index (Phi) is 5.07. The number of rotatable bonds is 5. The van der Waals surface area contributed by atoms with Crippen molar-refractivity contribution < 1.29 is 0 Å². The van der Waals surface area contributed by atoms with Gasteiger partial charge in [0, 0.05) is 57.2 Å². The molecule has 2 aromatic heterocycles. The van der Waals surface area contributed by atoms with Gasteiger partial charge in [-0.05, 0) is 25.7 Å². The molecule has 0 aromatic carbocycles. The van der Waals surface area contributed by atoms with Crippen LogP contribution in [0.3, 0.4) is 0 Å². The SMILES string of the molecule is Cc1cnc(Nc2cnn(C)c2)nc1N1CC(CC#N)(N2CC[C@@H]3C[C@@H](C)CN3C2)C1. The summed E-state index contributed by atoms with van der Waals surface area (Å²) in [5.41, 5.74) is 1.83. The molecule has 5 heterocycles. The molecule has 0 amide bonds. The average Bonchev–Trinajstić information content (AvgIpc) is 3.29. The highest BCUT2D eigenvalue weighted by molar-refractivity contribution is 5.57. The molecular formula is C22H31N9. The highest BCUT2D eigenvalue weighted by atomic mass is 15.4. The van der Waals surface area contributed by atoms with Crippen LogP contribution in [-0.4, -0.2) is 74.0 Å². The highest BCUT2D eigenvalue weighted by Gasteiger charge is 2.50. The predicted octanol–water partition coefficient (Wildman–Crippen LogP) is 2.11. The molecule has 0 spiro atoms. The molecule has 2 aromatic rings. The summed E-state index contributed by atoms with van der Waals surface area (Å²) in [7, 11) is 1.88. The van der Waals surface area contributed by atoms with E-state index in [2.05, 4.69) is 43.1 Å². The lowest BCUT2D eigenvalue weighted by Crippen LogP contribution is -2.73. The number of aryl methyl sites for hydroxylation is 2. The molecule has 3 saturated heterocycles. The Morgan fingerprint density at radius 2 is 2.16 bits per heavy atom. The first-order valence-electron chi connectivity index (χ1n) is 11.2. The zero-order valence-corrected chi connectivity index (χ0v) is 18.6. The second kappa shape index (κ2) is 7.77. The molecule has 9 heteroatoms. The van der Waals surface area contributed by atoms with E-state index in [1.54, 1.807) is 10.9 Å². The van der Waals surface area contributed by atoms with Crippen LogP contribution in [0.5, 0.6) is 0 Å². The van der Waals surface area contributed by atoms with Gasteiger partial charge in [0.05, 0.1) is 36.6 Å². The van der Waals surface area contributed by atoms with Gasteiger partial charge in [-0.3, -0.25) is 14.5 Å². The van der Waals surface area contributed by atoms with Crippen molar-refractivity contribution in [2.45, 2.75) is 44.7 Å². The number of nitrogens with one attached hydrogen (secondary N) is 1. The van der Waals surface area contributed by atoms with Gasteiger partial charge < -0.3 is 10.2 Å². The molecule has 0 unspecified atom stereocenters. The van der Waals surface area contributed by atoms with Crippen molar-refractivity contribution in [2.75, 3.05) is 43.1 Å². The Bertz CT molecular complexity index is 987. The molecule has 164 valence electrons. The molecule has 9 nitrogen and oxygen atoms in total. The second-order valence-corrected chi connectivity index (χ2v) is 9.60. The van der Waals surface area contributed by atoms with E-state index in [0.29, 0.717) is 12.4 Å². The fourth-order valence-electron chi connectivity index (χ4n) is 5.51. The van der Waals surface area contributed by atoms with Crippen LogP contribution in [0.25, 0.3) is 0 Å². The number of aromatic nitrogens is 4. The normalized spacial score (nSPS) is 25.7. The van der Waals surface area contributed by atoms with Crippen molar-refractivity contribution in [3.05, 3.63) is 24.2 Å². The van der Waals surface area contributed by atoms with Crippen LogP contribution < -0.4 is 10.2 Å². The maximum absolute atomic E-state index is 9.60. The third-order valence-corrected chi connectivity index (χ3v) is 7.08. The summed E-state index contributed by atoms with van der Waals surface area (Å²) in [6.45, 7) is 9.32. The van der Waals surface area contributed by atoms with Crippen molar-refractivity contribution >= 4 is 17.5 Å². The summed E-state index contributed by atoms with van der Waals surface area (Å²) in [5.74, 6) is 2.29. The van der Waals surface area contributed by atoms with E-state index in [9.17, 15) is 5.26 Å². The minimum Gasteiger partial charge on any atom is -0.352 e. The summed E-state index contributed by atoms with van der Waals surface area (Å²) in [6, 6.07) is 3.20. The Morgan fingerprint density at radius 3 is 2.90 bits per heavy atom. The molecule has 31 heavy (non-hydrogen) atoms. The van der Waals surface area contributed by atoms with Crippen molar-refractivity contribution in [2.24, 2.45) is 13.0 Å². The first-order valence-corrected chi connectivity index (χ1v) is 11.2. The molecule has 3 fully saturated rings. The van der Waals surface area contributed by atoms with Crippen LogP contribution in [0.1, 0.15) is 31.7 Å². The lowest BCUT2D eigenvalue weighted by Gasteiger charge is -2.58.